The van der Waals surface area contributed by atoms with Gasteiger partial charge in [0.25, 0.3) is 11.8 Å². The first kappa shape index (κ1) is 20.0. The first-order valence-corrected chi connectivity index (χ1v) is 9.60. The molecule has 28 heavy (non-hydrogen) atoms. The van der Waals surface area contributed by atoms with E-state index in [-0.39, 0.29) is 11.8 Å². The minimum Gasteiger partial charge on any atom is -0.379 e. The molecule has 1 fully saturated rings. The number of aromatic nitrogens is 1. The number of aryl methyl sites for hydroxylation is 1. The molecule has 0 bridgehead atoms. The van der Waals surface area contributed by atoms with Crippen molar-refractivity contribution < 1.29 is 14.3 Å². The molecule has 0 saturated carbocycles. The van der Waals surface area contributed by atoms with Crippen LogP contribution < -0.4 is 10.6 Å². The number of nitrogens with zero attached hydrogens (tertiary/aromatic N) is 2. The van der Waals surface area contributed by atoms with E-state index in [1.807, 2.05) is 31.2 Å². The van der Waals surface area contributed by atoms with E-state index < -0.39 is 0 Å². The molecule has 0 atom stereocenters. The SMILES string of the molecule is CCc1ccccc1NC(=O)c1cncc(C(=O)NCCN2CCOCC2)c1. The van der Waals surface area contributed by atoms with Crippen molar-refractivity contribution in [1.82, 2.24) is 15.2 Å². The van der Waals surface area contributed by atoms with Gasteiger partial charge in [-0.15, -0.1) is 0 Å². The van der Waals surface area contributed by atoms with E-state index in [0.717, 1.165) is 50.5 Å². The van der Waals surface area contributed by atoms with Crippen molar-refractivity contribution >= 4 is 17.5 Å². The molecule has 2 heterocycles. The fourth-order valence-corrected chi connectivity index (χ4v) is 3.09. The number of hydrogen-bond acceptors (Lipinski definition) is 5. The van der Waals surface area contributed by atoms with Gasteiger partial charge in [0, 0.05) is 44.3 Å². The molecule has 2 N–H and O–H groups in total. The molecule has 0 aliphatic carbocycles. The number of hydrogen-bond donors (Lipinski definition) is 2. The minimum absolute atomic E-state index is 0.232. The lowest BCUT2D eigenvalue weighted by molar-refractivity contribution is 0.0383. The van der Waals surface area contributed by atoms with E-state index in [9.17, 15) is 9.59 Å². The van der Waals surface area contributed by atoms with E-state index in [1.165, 1.54) is 12.4 Å². The van der Waals surface area contributed by atoms with Crippen LogP contribution in [0, 0.1) is 0 Å². The Kier molecular flexibility index (Phi) is 7.11. The Bertz CT molecular complexity index is 819. The quantitative estimate of drug-likeness (QED) is 0.765. The average molecular weight is 382 g/mol. The highest BCUT2D eigenvalue weighted by atomic mass is 16.5. The number of pyridine rings is 1. The van der Waals surface area contributed by atoms with Gasteiger partial charge in [-0.3, -0.25) is 19.5 Å². The van der Waals surface area contributed by atoms with Crippen LogP contribution in [0.1, 0.15) is 33.2 Å². The summed E-state index contributed by atoms with van der Waals surface area (Å²) in [7, 11) is 0. The van der Waals surface area contributed by atoms with Crippen molar-refractivity contribution in [3.8, 4) is 0 Å². The number of para-hydroxylation sites is 1. The van der Waals surface area contributed by atoms with Crippen LogP contribution in [0.5, 0.6) is 0 Å². The number of anilines is 1. The highest BCUT2D eigenvalue weighted by Crippen LogP contribution is 2.16. The maximum atomic E-state index is 12.6. The van der Waals surface area contributed by atoms with Gasteiger partial charge >= 0.3 is 0 Å². The molecule has 7 nitrogen and oxygen atoms in total. The topological polar surface area (TPSA) is 83.6 Å². The monoisotopic (exact) mass is 382 g/mol. The molecule has 148 valence electrons. The lowest BCUT2D eigenvalue weighted by Gasteiger charge is -2.26. The van der Waals surface area contributed by atoms with Crippen molar-refractivity contribution in [3.63, 3.8) is 0 Å². The third-order valence-electron chi connectivity index (χ3n) is 4.73. The maximum absolute atomic E-state index is 12.6. The van der Waals surface area contributed by atoms with Crippen LogP contribution in [0.15, 0.2) is 42.7 Å². The molecule has 2 aromatic rings. The molecule has 7 heteroatoms. The second-order valence-corrected chi connectivity index (χ2v) is 6.64. The Morgan fingerprint density at radius 2 is 1.82 bits per heavy atom. The smallest absolute Gasteiger partial charge is 0.257 e. The molecule has 3 rings (SSSR count). The molecule has 2 amide bonds. The number of carbonyl (C=O) groups is 2. The van der Waals surface area contributed by atoms with Gasteiger partial charge in [-0.1, -0.05) is 25.1 Å². The van der Waals surface area contributed by atoms with Crippen LogP contribution in [0.25, 0.3) is 0 Å². The second kappa shape index (κ2) is 9.96. The molecule has 1 aliphatic heterocycles. The minimum atomic E-state index is -0.281. The highest BCUT2D eigenvalue weighted by molar-refractivity contribution is 6.06. The molecule has 1 aromatic heterocycles. The maximum Gasteiger partial charge on any atom is 0.257 e. The Hall–Kier alpha value is -2.77. The highest BCUT2D eigenvalue weighted by Gasteiger charge is 2.14. The number of morpholine rings is 1. The van der Waals surface area contributed by atoms with Crippen molar-refractivity contribution in [2.45, 2.75) is 13.3 Å². The van der Waals surface area contributed by atoms with Crippen molar-refractivity contribution in [2.24, 2.45) is 0 Å². The van der Waals surface area contributed by atoms with Crippen LogP contribution >= 0.6 is 0 Å². The number of carbonyl (C=O) groups excluding carboxylic acids is 2. The van der Waals surface area contributed by atoms with Crippen LogP contribution in [-0.2, 0) is 11.2 Å². The molecule has 1 aromatic carbocycles. The Morgan fingerprint density at radius 1 is 1.11 bits per heavy atom. The van der Waals surface area contributed by atoms with Gasteiger partial charge in [-0.2, -0.15) is 0 Å². The summed E-state index contributed by atoms with van der Waals surface area (Å²) in [6.07, 6.45) is 3.76. The van der Waals surface area contributed by atoms with Crippen molar-refractivity contribution in [1.29, 1.82) is 0 Å². The van der Waals surface area contributed by atoms with Gasteiger partial charge in [-0.05, 0) is 24.1 Å². The van der Waals surface area contributed by atoms with Gasteiger partial charge in [-0.25, -0.2) is 0 Å². The summed E-state index contributed by atoms with van der Waals surface area (Å²) in [5, 5.41) is 5.79. The Labute approximate surface area is 165 Å². The molecule has 0 unspecified atom stereocenters. The Morgan fingerprint density at radius 3 is 2.57 bits per heavy atom. The number of rotatable bonds is 7. The van der Waals surface area contributed by atoms with Crippen LogP contribution in [0.3, 0.4) is 0 Å². The predicted molar refractivity (Wildman–Crippen MR) is 108 cm³/mol. The fraction of sp³-hybridized carbons (Fsp3) is 0.381. The summed E-state index contributed by atoms with van der Waals surface area (Å²) in [4.78, 5) is 31.3. The van der Waals surface area contributed by atoms with E-state index in [1.54, 1.807) is 6.07 Å². The zero-order chi connectivity index (χ0) is 19.8. The number of amides is 2. The summed E-state index contributed by atoms with van der Waals surface area (Å²) in [6.45, 7) is 6.58. The lowest BCUT2D eigenvalue weighted by atomic mass is 10.1. The van der Waals surface area contributed by atoms with Crippen LogP contribution in [0.2, 0.25) is 0 Å². The summed E-state index contributed by atoms with van der Waals surface area (Å²) in [5.74, 6) is -0.513. The first-order chi connectivity index (χ1) is 13.7. The molecular formula is C21H26N4O3. The molecule has 1 saturated heterocycles. The van der Waals surface area contributed by atoms with Gasteiger partial charge < -0.3 is 15.4 Å². The first-order valence-electron chi connectivity index (χ1n) is 9.60. The summed E-state index contributed by atoms with van der Waals surface area (Å²) >= 11 is 0. The van der Waals surface area contributed by atoms with Crippen molar-refractivity contribution in [2.75, 3.05) is 44.7 Å². The number of benzene rings is 1. The normalized spacial score (nSPS) is 14.5. The lowest BCUT2D eigenvalue weighted by Crippen LogP contribution is -2.41. The zero-order valence-electron chi connectivity index (χ0n) is 16.1. The van der Waals surface area contributed by atoms with Crippen LogP contribution in [0.4, 0.5) is 5.69 Å². The zero-order valence-corrected chi connectivity index (χ0v) is 16.1. The molecule has 0 radical (unpaired) electrons. The second-order valence-electron chi connectivity index (χ2n) is 6.64. The van der Waals surface area contributed by atoms with Crippen LogP contribution in [-0.4, -0.2) is 61.1 Å². The standard InChI is InChI=1S/C21H26N4O3/c1-2-16-5-3-4-6-19(16)24-21(27)18-13-17(14-22-15-18)20(26)23-7-8-25-9-11-28-12-10-25/h3-6,13-15H,2,7-12H2,1H3,(H,23,26)(H,24,27). The van der Waals surface area contributed by atoms with E-state index in [0.29, 0.717) is 17.7 Å². The molecular weight excluding hydrogens is 356 g/mol. The third kappa shape index (κ3) is 5.37. The van der Waals surface area contributed by atoms with Crippen molar-refractivity contribution in [3.05, 3.63) is 59.4 Å². The van der Waals surface area contributed by atoms with Gasteiger partial charge in [0.05, 0.1) is 24.3 Å². The van der Waals surface area contributed by atoms with E-state index in [2.05, 4.69) is 20.5 Å². The summed E-state index contributed by atoms with van der Waals surface area (Å²) < 4.78 is 5.31. The molecule has 0 spiro atoms. The number of ether oxygens (including phenoxy) is 1. The van der Waals surface area contributed by atoms with Gasteiger partial charge in [0.1, 0.15) is 0 Å². The van der Waals surface area contributed by atoms with Gasteiger partial charge in [0.2, 0.25) is 0 Å². The molecule has 1 aliphatic rings. The van der Waals surface area contributed by atoms with E-state index >= 15 is 0 Å². The van der Waals surface area contributed by atoms with E-state index in [4.69, 9.17) is 4.74 Å². The largest absolute Gasteiger partial charge is 0.379 e. The average Bonchev–Trinajstić information content (AvgIpc) is 2.75. The summed E-state index contributed by atoms with van der Waals surface area (Å²) in [5.41, 5.74) is 2.56. The third-order valence-corrected chi connectivity index (χ3v) is 4.73. The number of nitrogens with one attached hydrogen (secondary N) is 2. The Balaban J connectivity index is 1.57. The fourth-order valence-electron chi connectivity index (χ4n) is 3.09. The summed E-state index contributed by atoms with van der Waals surface area (Å²) in [6, 6.07) is 9.24. The van der Waals surface area contributed by atoms with Gasteiger partial charge in [0.15, 0.2) is 0 Å². The predicted octanol–water partition coefficient (Wildman–Crippen LogP) is 1.96.